The van der Waals surface area contributed by atoms with Crippen LogP contribution in [0.5, 0.6) is 0 Å². The first-order chi connectivity index (χ1) is 14.7. The van der Waals surface area contributed by atoms with Crippen molar-refractivity contribution in [3.63, 3.8) is 0 Å². The van der Waals surface area contributed by atoms with E-state index in [0.29, 0.717) is 6.54 Å². The number of benzene rings is 1. The molecule has 0 aliphatic carbocycles. The second kappa shape index (κ2) is 9.07. The normalized spacial score (nSPS) is 15.4. The van der Waals surface area contributed by atoms with Gasteiger partial charge in [-0.25, -0.2) is 15.0 Å². The molecule has 0 spiro atoms. The molecule has 0 saturated heterocycles. The summed E-state index contributed by atoms with van der Waals surface area (Å²) in [6.07, 6.45) is 14.0. The van der Waals surface area contributed by atoms with Gasteiger partial charge in [-0.1, -0.05) is 43.2 Å². The van der Waals surface area contributed by atoms with Crippen molar-refractivity contribution in [1.29, 1.82) is 0 Å². The number of aliphatic imine (C=N–C) groups is 1. The third kappa shape index (κ3) is 4.35. The van der Waals surface area contributed by atoms with Crippen molar-refractivity contribution in [2.24, 2.45) is 10.7 Å². The van der Waals surface area contributed by atoms with E-state index < -0.39 is 0 Å². The van der Waals surface area contributed by atoms with E-state index in [4.69, 9.17) is 10.7 Å². The molecular weight excluding hydrogens is 390 g/mol. The summed E-state index contributed by atoms with van der Waals surface area (Å²) < 4.78 is 1.81. The Morgan fingerprint density at radius 3 is 2.50 bits per heavy atom. The highest BCUT2D eigenvalue weighted by Gasteiger charge is 2.17. The maximum atomic E-state index is 5.86. The lowest BCUT2D eigenvalue weighted by molar-refractivity contribution is 0.999. The molecule has 5 nitrogen and oxygen atoms in total. The topological polar surface area (TPSA) is 69.1 Å². The summed E-state index contributed by atoms with van der Waals surface area (Å²) in [6.45, 7) is 2.64. The number of aromatic nitrogens is 3. The SMILES string of the molecule is CC1=CC(C=Cc2ccc(-c3cncnc3)cc2)=NC1=C(CCN)c1cccn1S. The van der Waals surface area contributed by atoms with Crippen molar-refractivity contribution in [1.82, 2.24) is 13.9 Å². The molecule has 6 heteroatoms. The third-order valence-electron chi connectivity index (χ3n) is 4.95. The van der Waals surface area contributed by atoms with E-state index in [9.17, 15) is 0 Å². The van der Waals surface area contributed by atoms with Crippen molar-refractivity contribution >= 4 is 30.2 Å². The number of hydrogen-bond acceptors (Lipinski definition) is 5. The number of hydrogen-bond donors (Lipinski definition) is 2. The average molecular weight is 414 g/mol. The molecular formula is C24H23N5S. The van der Waals surface area contributed by atoms with Gasteiger partial charge in [-0.3, -0.25) is 3.97 Å². The van der Waals surface area contributed by atoms with Crippen molar-refractivity contribution in [3.05, 3.63) is 96.0 Å². The zero-order valence-electron chi connectivity index (χ0n) is 16.7. The maximum absolute atomic E-state index is 5.86. The second-order valence-electron chi connectivity index (χ2n) is 7.05. The van der Waals surface area contributed by atoms with Gasteiger partial charge in [0.25, 0.3) is 0 Å². The minimum atomic E-state index is 0.560. The Balaban J connectivity index is 1.58. The van der Waals surface area contributed by atoms with Gasteiger partial charge in [0, 0.05) is 29.7 Å². The van der Waals surface area contributed by atoms with Crippen LogP contribution in [0.4, 0.5) is 0 Å². The number of allylic oxidation sites excluding steroid dienone is 3. The Bertz CT molecular complexity index is 1150. The van der Waals surface area contributed by atoms with Gasteiger partial charge in [0.05, 0.1) is 17.1 Å². The van der Waals surface area contributed by atoms with Crippen LogP contribution in [0.1, 0.15) is 24.6 Å². The van der Waals surface area contributed by atoms with Crippen molar-refractivity contribution in [2.75, 3.05) is 6.54 Å². The molecule has 30 heavy (non-hydrogen) atoms. The van der Waals surface area contributed by atoms with E-state index in [2.05, 4.69) is 66.1 Å². The van der Waals surface area contributed by atoms with Gasteiger partial charge in [-0.15, -0.1) is 0 Å². The van der Waals surface area contributed by atoms with Crippen molar-refractivity contribution in [3.8, 4) is 11.1 Å². The molecule has 0 radical (unpaired) electrons. The maximum Gasteiger partial charge on any atom is 0.115 e. The van der Waals surface area contributed by atoms with E-state index in [1.807, 2.05) is 40.8 Å². The standard InChI is InChI=1S/C24H23N5S/c1-17-13-21(28-24(17)22(10-11-25)23-3-2-12-29(23)30)9-6-18-4-7-19(8-5-18)20-14-26-16-27-15-20/h2-9,12-16,30H,10-11,25H2,1H3. The molecule has 0 fully saturated rings. The molecule has 0 bridgehead atoms. The van der Waals surface area contributed by atoms with E-state index >= 15 is 0 Å². The molecule has 1 aromatic carbocycles. The molecule has 0 saturated carbocycles. The molecule has 0 amide bonds. The van der Waals surface area contributed by atoms with E-state index in [-0.39, 0.29) is 0 Å². The Hall–Kier alpha value is -3.22. The van der Waals surface area contributed by atoms with Gasteiger partial charge in [0.2, 0.25) is 0 Å². The highest BCUT2D eigenvalue weighted by Crippen LogP contribution is 2.31. The third-order valence-corrected chi connectivity index (χ3v) is 5.30. The fourth-order valence-corrected chi connectivity index (χ4v) is 3.73. The lowest BCUT2D eigenvalue weighted by Crippen LogP contribution is -2.03. The second-order valence-corrected chi connectivity index (χ2v) is 7.48. The van der Waals surface area contributed by atoms with Gasteiger partial charge in [0.1, 0.15) is 6.33 Å². The Morgan fingerprint density at radius 2 is 1.83 bits per heavy atom. The van der Waals surface area contributed by atoms with Gasteiger partial charge in [-0.2, -0.15) is 0 Å². The lowest BCUT2D eigenvalue weighted by atomic mass is 10.0. The van der Waals surface area contributed by atoms with Crippen LogP contribution < -0.4 is 5.73 Å². The predicted octanol–water partition coefficient (Wildman–Crippen LogP) is 4.81. The predicted molar refractivity (Wildman–Crippen MR) is 127 cm³/mol. The fraction of sp³-hybridized carbons (Fsp3) is 0.125. The summed E-state index contributed by atoms with van der Waals surface area (Å²) in [7, 11) is 0. The van der Waals surface area contributed by atoms with Crippen LogP contribution in [0.25, 0.3) is 22.8 Å². The lowest BCUT2D eigenvalue weighted by Gasteiger charge is -2.10. The smallest absolute Gasteiger partial charge is 0.115 e. The first-order valence-corrected chi connectivity index (χ1v) is 10.2. The zero-order valence-corrected chi connectivity index (χ0v) is 17.6. The van der Waals surface area contributed by atoms with Gasteiger partial charge < -0.3 is 5.73 Å². The monoisotopic (exact) mass is 413 g/mol. The summed E-state index contributed by atoms with van der Waals surface area (Å²) in [6, 6.07) is 12.3. The van der Waals surface area contributed by atoms with Gasteiger partial charge in [0.15, 0.2) is 0 Å². The summed E-state index contributed by atoms with van der Waals surface area (Å²) in [4.78, 5) is 13.0. The van der Waals surface area contributed by atoms with E-state index in [1.54, 1.807) is 0 Å². The zero-order chi connectivity index (χ0) is 20.9. The number of nitrogens with zero attached hydrogens (tertiary/aromatic N) is 4. The van der Waals surface area contributed by atoms with Crippen molar-refractivity contribution in [2.45, 2.75) is 13.3 Å². The summed E-state index contributed by atoms with van der Waals surface area (Å²) in [5.74, 6) is 0. The van der Waals surface area contributed by atoms with Crippen LogP contribution in [0.15, 0.2) is 89.7 Å². The quantitative estimate of drug-likeness (QED) is 0.570. The van der Waals surface area contributed by atoms with E-state index in [0.717, 1.165) is 51.4 Å². The number of nitrogens with two attached hydrogens (primary N) is 1. The summed E-state index contributed by atoms with van der Waals surface area (Å²) >= 11 is 4.50. The first kappa shape index (κ1) is 20.1. The van der Waals surface area contributed by atoms with Crippen LogP contribution in [-0.4, -0.2) is 26.2 Å². The van der Waals surface area contributed by atoms with Crippen LogP contribution in [0, 0.1) is 0 Å². The minimum Gasteiger partial charge on any atom is -0.330 e. The largest absolute Gasteiger partial charge is 0.330 e. The van der Waals surface area contributed by atoms with E-state index in [1.165, 1.54) is 6.33 Å². The molecule has 2 aromatic heterocycles. The Labute approximate surface area is 182 Å². The van der Waals surface area contributed by atoms with Gasteiger partial charge in [-0.05, 0) is 60.9 Å². The summed E-state index contributed by atoms with van der Waals surface area (Å²) in [5.41, 5.74) is 14.2. The first-order valence-electron chi connectivity index (χ1n) is 9.77. The molecule has 1 aliphatic heterocycles. The number of thiol groups is 1. The molecule has 3 aromatic rings. The molecule has 2 N–H and O–H groups in total. The molecule has 4 rings (SSSR count). The summed E-state index contributed by atoms with van der Waals surface area (Å²) in [5, 5.41) is 0. The van der Waals surface area contributed by atoms with Crippen LogP contribution >= 0.6 is 12.8 Å². The Morgan fingerprint density at radius 1 is 1.07 bits per heavy atom. The van der Waals surface area contributed by atoms with Gasteiger partial charge >= 0.3 is 0 Å². The highest BCUT2D eigenvalue weighted by atomic mass is 32.1. The average Bonchev–Trinajstić information content (AvgIpc) is 3.37. The van der Waals surface area contributed by atoms with Crippen LogP contribution in [0.2, 0.25) is 0 Å². The minimum absolute atomic E-state index is 0.560. The van der Waals surface area contributed by atoms with Crippen LogP contribution in [0.3, 0.4) is 0 Å². The highest BCUT2D eigenvalue weighted by molar-refractivity contribution is 7.78. The molecule has 0 atom stereocenters. The molecule has 1 aliphatic rings. The fourth-order valence-electron chi connectivity index (χ4n) is 3.47. The van der Waals surface area contributed by atoms with Crippen molar-refractivity contribution < 1.29 is 0 Å². The molecule has 0 unspecified atom stereocenters. The molecule has 150 valence electrons. The number of rotatable bonds is 6. The van der Waals surface area contributed by atoms with Crippen LogP contribution in [-0.2, 0) is 0 Å². The molecule has 3 heterocycles. The Kier molecular flexibility index (Phi) is 6.07.